The Balaban J connectivity index is 1.85. The number of fused-ring (bicyclic) bond motifs is 1. The van der Waals surface area contributed by atoms with Crippen molar-refractivity contribution in [3.05, 3.63) is 30.0 Å². The number of morpholine rings is 1. The number of aromatic amines is 1. The summed E-state index contributed by atoms with van der Waals surface area (Å²) >= 11 is 0. The number of amides is 1. The number of aromatic nitrogens is 1. The fourth-order valence-corrected chi connectivity index (χ4v) is 3.45. The van der Waals surface area contributed by atoms with Crippen LogP contribution in [-0.4, -0.2) is 60.2 Å². The molecule has 1 aromatic carbocycles. The molecule has 7 nitrogen and oxygen atoms in total. The van der Waals surface area contributed by atoms with Gasteiger partial charge in [-0.1, -0.05) is 18.2 Å². The third kappa shape index (κ3) is 3.59. The van der Waals surface area contributed by atoms with Crippen LogP contribution in [-0.2, 0) is 14.3 Å². The van der Waals surface area contributed by atoms with E-state index in [4.69, 9.17) is 9.47 Å². The van der Waals surface area contributed by atoms with Crippen molar-refractivity contribution >= 4 is 28.5 Å². The molecule has 1 fully saturated rings. The van der Waals surface area contributed by atoms with Crippen LogP contribution in [0.3, 0.4) is 0 Å². The number of H-pyrrole nitrogens is 1. The molecule has 3 rings (SSSR count). The highest BCUT2D eigenvalue weighted by atomic mass is 16.5. The molecule has 2 heterocycles. The molecule has 1 saturated heterocycles. The molecule has 0 aliphatic carbocycles. The van der Waals surface area contributed by atoms with Gasteiger partial charge in [-0.25, -0.2) is 4.79 Å². The van der Waals surface area contributed by atoms with E-state index in [1.165, 1.54) is 7.11 Å². The fourth-order valence-electron chi connectivity index (χ4n) is 3.45. The second kappa shape index (κ2) is 7.47. The molecule has 140 valence electrons. The van der Waals surface area contributed by atoms with E-state index in [-0.39, 0.29) is 29.9 Å². The number of rotatable bonds is 4. The third-order valence-corrected chi connectivity index (χ3v) is 4.72. The van der Waals surface area contributed by atoms with Gasteiger partial charge in [0.25, 0.3) is 0 Å². The highest BCUT2D eigenvalue weighted by Gasteiger charge is 2.30. The number of nitrogens with zero attached hydrogens (tertiary/aromatic N) is 1. The Morgan fingerprint density at radius 2 is 1.92 bits per heavy atom. The van der Waals surface area contributed by atoms with Crippen LogP contribution in [0, 0.1) is 0 Å². The molecule has 1 aliphatic heterocycles. The van der Waals surface area contributed by atoms with Crippen molar-refractivity contribution < 1.29 is 19.1 Å². The van der Waals surface area contributed by atoms with Crippen LogP contribution in [0.4, 0.5) is 5.69 Å². The molecule has 3 atom stereocenters. The molecule has 1 aromatic heterocycles. The predicted octanol–water partition coefficient (Wildman–Crippen LogP) is 2.39. The average Bonchev–Trinajstić information content (AvgIpc) is 2.98. The van der Waals surface area contributed by atoms with Gasteiger partial charge in [-0.15, -0.1) is 0 Å². The van der Waals surface area contributed by atoms with E-state index >= 15 is 0 Å². The fraction of sp³-hybridized carbons (Fsp3) is 0.474. The van der Waals surface area contributed by atoms with E-state index in [1.807, 2.05) is 45.0 Å². The number of hydrogen-bond acceptors (Lipinski definition) is 5. The Labute approximate surface area is 152 Å². The van der Waals surface area contributed by atoms with Crippen molar-refractivity contribution in [2.24, 2.45) is 0 Å². The Bertz CT molecular complexity index is 806. The van der Waals surface area contributed by atoms with E-state index in [2.05, 4.69) is 15.2 Å². The molecule has 0 saturated carbocycles. The summed E-state index contributed by atoms with van der Waals surface area (Å²) in [6.45, 7) is 7.25. The highest BCUT2D eigenvalue weighted by molar-refractivity contribution is 6.11. The highest BCUT2D eigenvalue weighted by Crippen LogP contribution is 2.28. The number of benzene rings is 1. The van der Waals surface area contributed by atoms with Crippen molar-refractivity contribution in [2.45, 2.75) is 39.0 Å². The molecular formula is C19H25N3O4. The van der Waals surface area contributed by atoms with Crippen LogP contribution in [0.25, 0.3) is 10.9 Å². The number of hydrogen-bond donors (Lipinski definition) is 2. The molecule has 2 N–H and O–H groups in total. The van der Waals surface area contributed by atoms with E-state index in [0.717, 1.165) is 10.9 Å². The lowest BCUT2D eigenvalue weighted by atomic mass is 10.1. The first kappa shape index (κ1) is 18.4. The van der Waals surface area contributed by atoms with Crippen LogP contribution in [0.5, 0.6) is 0 Å². The summed E-state index contributed by atoms with van der Waals surface area (Å²) in [5.41, 5.74) is 1.47. The van der Waals surface area contributed by atoms with Gasteiger partial charge < -0.3 is 19.8 Å². The molecule has 0 unspecified atom stereocenters. The maximum atomic E-state index is 12.9. The Kier molecular flexibility index (Phi) is 5.29. The summed E-state index contributed by atoms with van der Waals surface area (Å²) in [4.78, 5) is 30.1. The van der Waals surface area contributed by atoms with Gasteiger partial charge in [0.05, 0.1) is 31.0 Å². The van der Waals surface area contributed by atoms with Crippen LogP contribution in [0.2, 0.25) is 0 Å². The van der Waals surface area contributed by atoms with E-state index in [9.17, 15) is 9.59 Å². The smallest absolute Gasteiger partial charge is 0.356 e. The quantitative estimate of drug-likeness (QED) is 0.819. The molecule has 2 aromatic rings. The van der Waals surface area contributed by atoms with Crippen LogP contribution in [0.15, 0.2) is 24.3 Å². The van der Waals surface area contributed by atoms with Gasteiger partial charge in [-0.2, -0.15) is 0 Å². The van der Waals surface area contributed by atoms with Crippen molar-refractivity contribution in [3.63, 3.8) is 0 Å². The minimum atomic E-state index is -0.516. The van der Waals surface area contributed by atoms with E-state index < -0.39 is 5.97 Å². The SMILES string of the molecule is COC(=O)c1[nH]c2ccccc2c1NC(=O)[C@H](C)N1C[C@@H](C)O[C@@H](C)C1. The number of carbonyl (C=O) groups excluding carboxylic acids is 2. The van der Waals surface area contributed by atoms with Gasteiger partial charge in [0.1, 0.15) is 5.69 Å². The minimum absolute atomic E-state index is 0.0766. The van der Waals surface area contributed by atoms with Gasteiger partial charge in [0.2, 0.25) is 5.91 Å². The molecule has 1 amide bonds. The first-order valence-electron chi connectivity index (χ1n) is 8.80. The molecule has 26 heavy (non-hydrogen) atoms. The van der Waals surface area contributed by atoms with Gasteiger partial charge in [0, 0.05) is 24.0 Å². The lowest BCUT2D eigenvalue weighted by molar-refractivity contribution is -0.126. The number of anilines is 1. The van der Waals surface area contributed by atoms with Crippen molar-refractivity contribution in [1.82, 2.24) is 9.88 Å². The number of carbonyl (C=O) groups is 2. The summed E-state index contributed by atoms with van der Waals surface area (Å²) < 4.78 is 10.6. The van der Waals surface area contributed by atoms with Crippen molar-refractivity contribution in [1.29, 1.82) is 0 Å². The molecule has 1 aliphatic rings. The number of esters is 1. The monoisotopic (exact) mass is 359 g/mol. The summed E-state index contributed by atoms with van der Waals surface area (Å²) in [5, 5.41) is 3.70. The maximum absolute atomic E-state index is 12.9. The number of ether oxygens (including phenoxy) is 2. The molecule has 0 bridgehead atoms. The Morgan fingerprint density at radius 1 is 1.27 bits per heavy atom. The summed E-state index contributed by atoms with van der Waals surface area (Å²) in [6, 6.07) is 7.10. The third-order valence-electron chi connectivity index (χ3n) is 4.72. The van der Waals surface area contributed by atoms with Gasteiger partial charge in [0.15, 0.2) is 0 Å². The number of nitrogens with one attached hydrogen (secondary N) is 2. The number of para-hydroxylation sites is 1. The van der Waals surface area contributed by atoms with Crippen molar-refractivity contribution in [3.8, 4) is 0 Å². The molecular weight excluding hydrogens is 334 g/mol. The standard InChI is InChI=1S/C19H25N3O4/c1-11-9-22(10-12(2)26-11)13(3)18(23)21-16-14-7-5-6-8-15(14)20-17(16)19(24)25-4/h5-8,11-13,20H,9-10H2,1-4H3,(H,21,23)/t11-,12+,13-/m0/s1. The largest absolute Gasteiger partial charge is 0.464 e. The average molecular weight is 359 g/mol. The number of methoxy groups -OCH3 is 1. The lowest BCUT2D eigenvalue weighted by Crippen LogP contribution is -2.52. The molecule has 0 spiro atoms. The summed E-state index contributed by atoms with van der Waals surface area (Å²) in [6.07, 6.45) is 0.153. The molecule has 0 radical (unpaired) electrons. The lowest BCUT2D eigenvalue weighted by Gasteiger charge is -2.38. The van der Waals surface area contributed by atoms with Crippen LogP contribution >= 0.6 is 0 Å². The normalized spacial score (nSPS) is 22.2. The van der Waals surface area contributed by atoms with Crippen LogP contribution in [0.1, 0.15) is 31.3 Å². The van der Waals surface area contributed by atoms with E-state index in [0.29, 0.717) is 18.8 Å². The van der Waals surface area contributed by atoms with E-state index in [1.54, 1.807) is 0 Å². The zero-order valence-electron chi connectivity index (χ0n) is 15.5. The zero-order valence-corrected chi connectivity index (χ0v) is 15.5. The van der Waals surface area contributed by atoms with Crippen molar-refractivity contribution in [2.75, 3.05) is 25.5 Å². The first-order chi connectivity index (χ1) is 12.4. The molecule has 7 heteroatoms. The maximum Gasteiger partial charge on any atom is 0.356 e. The Hall–Kier alpha value is -2.38. The first-order valence-corrected chi connectivity index (χ1v) is 8.80. The predicted molar refractivity (Wildman–Crippen MR) is 99.3 cm³/mol. The summed E-state index contributed by atoms with van der Waals surface area (Å²) in [5.74, 6) is -0.682. The van der Waals surface area contributed by atoms with Gasteiger partial charge in [-0.05, 0) is 26.8 Å². The van der Waals surface area contributed by atoms with Crippen LogP contribution < -0.4 is 5.32 Å². The minimum Gasteiger partial charge on any atom is -0.464 e. The Morgan fingerprint density at radius 3 is 2.58 bits per heavy atom. The zero-order chi connectivity index (χ0) is 18.8. The second-order valence-corrected chi connectivity index (χ2v) is 6.79. The second-order valence-electron chi connectivity index (χ2n) is 6.79. The van der Waals surface area contributed by atoms with Gasteiger partial charge >= 0.3 is 5.97 Å². The topological polar surface area (TPSA) is 83.7 Å². The van der Waals surface area contributed by atoms with Gasteiger partial charge in [-0.3, -0.25) is 9.69 Å². The summed E-state index contributed by atoms with van der Waals surface area (Å²) in [7, 11) is 1.32.